The molecule has 5 nitrogen and oxygen atoms in total. The predicted octanol–water partition coefficient (Wildman–Crippen LogP) is 1.13. The van der Waals surface area contributed by atoms with Crippen molar-refractivity contribution >= 4 is 17.6 Å². The first kappa shape index (κ1) is 11.1. The van der Waals surface area contributed by atoms with Gasteiger partial charge in [0.05, 0.1) is 0 Å². The van der Waals surface area contributed by atoms with E-state index in [0.29, 0.717) is 5.69 Å². The molecule has 0 radical (unpaired) electrons. The average Bonchev–Trinajstić information content (AvgIpc) is 2.62. The van der Waals surface area contributed by atoms with Crippen LogP contribution < -0.4 is 5.32 Å². The van der Waals surface area contributed by atoms with Crippen molar-refractivity contribution in [3.8, 4) is 0 Å². The monoisotopic (exact) mass is 237 g/mol. The lowest BCUT2D eigenvalue weighted by Gasteiger charge is -2.04. The van der Waals surface area contributed by atoms with Crippen molar-refractivity contribution < 1.29 is 23.8 Å². The predicted molar refractivity (Wildman–Crippen MR) is 55.6 cm³/mol. The van der Waals surface area contributed by atoms with Gasteiger partial charge in [-0.2, -0.15) is 0 Å². The molecule has 0 bridgehead atoms. The van der Waals surface area contributed by atoms with Gasteiger partial charge in [0, 0.05) is 5.69 Å². The summed E-state index contributed by atoms with van der Waals surface area (Å²) in [5.41, 5.74) is -0.106. The third-order valence-electron chi connectivity index (χ3n) is 2.16. The Morgan fingerprint density at radius 1 is 1.35 bits per heavy atom. The Labute approximate surface area is 95.5 Å². The van der Waals surface area contributed by atoms with Gasteiger partial charge in [-0.25, -0.2) is 9.18 Å². The van der Waals surface area contributed by atoms with Crippen LogP contribution in [-0.2, 0) is 14.3 Å². The summed E-state index contributed by atoms with van der Waals surface area (Å²) < 4.78 is 17.1. The van der Waals surface area contributed by atoms with E-state index in [9.17, 15) is 19.1 Å². The van der Waals surface area contributed by atoms with E-state index in [2.05, 4.69) is 10.1 Å². The molecular formula is C11H8FNO4. The minimum Gasteiger partial charge on any atom is -0.508 e. The van der Waals surface area contributed by atoms with Gasteiger partial charge >= 0.3 is 5.97 Å². The minimum absolute atomic E-state index is 0.301. The number of rotatable bonds is 2. The SMILES string of the molecule is O=C(Nc1ccc(F)cc1)C1=C(O)COC1=O. The molecule has 0 aromatic heterocycles. The van der Waals surface area contributed by atoms with Gasteiger partial charge < -0.3 is 15.2 Å². The van der Waals surface area contributed by atoms with Crippen molar-refractivity contribution in [3.63, 3.8) is 0 Å². The number of benzene rings is 1. The number of esters is 1. The maximum absolute atomic E-state index is 12.6. The number of ether oxygens (including phenoxy) is 1. The Morgan fingerprint density at radius 3 is 2.53 bits per heavy atom. The van der Waals surface area contributed by atoms with Crippen LogP contribution in [0.3, 0.4) is 0 Å². The zero-order valence-electron chi connectivity index (χ0n) is 8.57. The summed E-state index contributed by atoms with van der Waals surface area (Å²) in [6, 6.07) is 5.00. The van der Waals surface area contributed by atoms with E-state index in [-0.39, 0.29) is 6.61 Å². The number of anilines is 1. The largest absolute Gasteiger partial charge is 0.508 e. The van der Waals surface area contributed by atoms with E-state index in [1.54, 1.807) is 0 Å². The van der Waals surface area contributed by atoms with Crippen LogP contribution in [-0.4, -0.2) is 23.6 Å². The van der Waals surface area contributed by atoms with Crippen molar-refractivity contribution in [2.75, 3.05) is 11.9 Å². The second kappa shape index (κ2) is 4.25. The lowest BCUT2D eigenvalue weighted by atomic mass is 10.2. The fourth-order valence-corrected chi connectivity index (χ4v) is 1.35. The Kier molecular flexibility index (Phi) is 2.78. The Morgan fingerprint density at radius 2 is 2.00 bits per heavy atom. The zero-order chi connectivity index (χ0) is 12.4. The molecule has 6 heteroatoms. The number of aliphatic hydroxyl groups is 1. The molecule has 1 aliphatic rings. The summed E-state index contributed by atoms with van der Waals surface area (Å²) in [5.74, 6) is -2.50. The van der Waals surface area contributed by atoms with Crippen molar-refractivity contribution in [2.45, 2.75) is 0 Å². The fourth-order valence-electron chi connectivity index (χ4n) is 1.35. The molecule has 1 aliphatic heterocycles. The first-order valence-electron chi connectivity index (χ1n) is 4.74. The quantitative estimate of drug-likeness (QED) is 0.597. The van der Waals surface area contributed by atoms with E-state index in [1.165, 1.54) is 12.1 Å². The molecule has 0 fully saturated rings. The molecule has 0 saturated heterocycles. The van der Waals surface area contributed by atoms with E-state index >= 15 is 0 Å². The summed E-state index contributed by atoms with van der Waals surface area (Å²) in [6.07, 6.45) is 0. The highest BCUT2D eigenvalue weighted by Gasteiger charge is 2.30. The topological polar surface area (TPSA) is 75.6 Å². The standard InChI is InChI=1S/C11H8FNO4/c12-6-1-3-7(4-2-6)13-10(15)9-8(14)5-17-11(9)16/h1-4,14H,5H2,(H,13,15). The van der Waals surface area contributed by atoms with Crippen molar-refractivity contribution in [1.82, 2.24) is 0 Å². The first-order valence-corrected chi connectivity index (χ1v) is 4.74. The number of carbonyl (C=O) groups excluding carboxylic acids is 2. The maximum atomic E-state index is 12.6. The Balaban J connectivity index is 2.15. The van der Waals surface area contributed by atoms with Gasteiger partial charge in [-0.15, -0.1) is 0 Å². The van der Waals surface area contributed by atoms with Crippen molar-refractivity contribution in [2.24, 2.45) is 0 Å². The number of hydrogen-bond acceptors (Lipinski definition) is 4. The van der Waals surface area contributed by atoms with E-state index in [1.807, 2.05) is 0 Å². The van der Waals surface area contributed by atoms with Crippen molar-refractivity contribution in [3.05, 3.63) is 41.4 Å². The Bertz CT molecular complexity index is 507. The van der Waals surface area contributed by atoms with Crippen LogP contribution in [0.4, 0.5) is 10.1 Å². The third-order valence-corrected chi connectivity index (χ3v) is 2.16. The number of nitrogens with one attached hydrogen (secondary N) is 1. The molecule has 1 aromatic rings. The van der Waals surface area contributed by atoms with Crippen LogP contribution in [0.1, 0.15) is 0 Å². The molecule has 0 atom stereocenters. The van der Waals surface area contributed by atoms with E-state index < -0.39 is 29.0 Å². The highest BCUT2D eigenvalue weighted by atomic mass is 19.1. The average molecular weight is 237 g/mol. The lowest BCUT2D eigenvalue weighted by Crippen LogP contribution is -2.19. The number of hydrogen-bond donors (Lipinski definition) is 2. The second-order valence-corrected chi connectivity index (χ2v) is 3.36. The highest BCUT2D eigenvalue weighted by Crippen LogP contribution is 2.16. The number of cyclic esters (lactones) is 1. The lowest BCUT2D eigenvalue weighted by molar-refractivity contribution is -0.137. The highest BCUT2D eigenvalue weighted by molar-refractivity contribution is 6.22. The van der Waals surface area contributed by atoms with Gasteiger partial charge in [0.25, 0.3) is 5.91 Å². The summed E-state index contributed by atoms with van der Waals surface area (Å²) in [7, 11) is 0. The molecule has 2 rings (SSSR count). The molecule has 1 aromatic carbocycles. The molecule has 1 amide bonds. The summed E-state index contributed by atoms with van der Waals surface area (Å²) >= 11 is 0. The summed E-state index contributed by atoms with van der Waals surface area (Å²) in [4.78, 5) is 22.7. The molecule has 2 N–H and O–H groups in total. The van der Waals surface area contributed by atoms with E-state index in [0.717, 1.165) is 12.1 Å². The molecule has 17 heavy (non-hydrogen) atoms. The first-order chi connectivity index (χ1) is 8.08. The van der Waals surface area contributed by atoms with Crippen LogP contribution in [0.25, 0.3) is 0 Å². The fraction of sp³-hybridized carbons (Fsp3) is 0.0909. The molecule has 0 saturated carbocycles. The smallest absolute Gasteiger partial charge is 0.347 e. The molecule has 0 spiro atoms. The number of amides is 1. The molecule has 88 valence electrons. The summed E-state index contributed by atoms with van der Waals surface area (Å²) in [6.45, 7) is -0.301. The summed E-state index contributed by atoms with van der Waals surface area (Å²) in [5, 5.41) is 11.6. The normalized spacial score (nSPS) is 14.8. The van der Waals surface area contributed by atoms with Crippen LogP contribution in [0.2, 0.25) is 0 Å². The number of carbonyl (C=O) groups is 2. The Hall–Kier alpha value is -2.37. The number of aliphatic hydroxyl groups excluding tert-OH is 1. The van der Waals surface area contributed by atoms with Gasteiger partial charge in [-0.05, 0) is 24.3 Å². The minimum atomic E-state index is -0.873. The van der Waals surface area contributed by atoms with Crippen LogP contribution in [0.5, 0.6) is 0 Å². The van der Waals surface area contributed by atoms with Crippen LogP contribution in [0.15, 0.2) is 35.6 Å². The molecule has 0 unspecified atom stereocenters. The molecule has 1 heterocycles. The molecular weight excluding hydrogens is 229 g/mol. The van der Waals surface area contributed by atoms with Crippen molar-refractivity contribution in [1.29, 1.82) is 0 Å². The van der Waals surface area contributed by atoms with Gasteiger partial charge in [0.2, 0.25) is 0 Å². The second-order valence-electron chi connectivity index (χ2n) is 3.36. The zero-order valence-corrected chi connectivity index (χ0v) is 8.57. The number of halogens is 1. The van der Waals surface area contributed by atoms with Gasteiger partial charge in [0.15, 0.2) is 11.3 Å². The van der Waals surface area contributed by atoms with Crippen LogP contribution in [0, 0.1) is 5.82 Å². The molecule has 0 aliphatic carbocycles. The van der Waals surface area contributed by atoms with Gasteiger partial charge in [-0.1, -0.05) is 0 Å². The third kappa shape index (κ3) is 2.25. The van der Waals surface area contributed by atoms with Crippen LogP contribution >= 0.6 is 0 Å². The maximum Gasteiger partial charge on any atom is 0.347 e. The van der Waals surface area contributed by atoms with Gasteiger partial charge in [-0.3, -0.25) is 4.79 Å². The van der Waals surface area contributed by atoms with E-state index in [4.69, 9.17) is 0 Å². The van der Waals surface area contributed by atoms with Gasteiger partial charge in [0.1, 0.15) is 12.4 Å².